The van der Waals surface area contributed by atoms with Gasteiger partial charge in [-0.05, 0) is 67.9 Å². The molecule has 200 valence electrons. The molecule has 1 aliphatic rings. The zero-order valence-corrected chi connectivity index (χ0v) is 23.5. The lowest BCUT2D eigenvalue weighted by Gasteiger charge is -2.34. The Kier molecular flexibility index (Phi) is 5.18. The number of fused-ring (bicyclic) bond motifs is 7. The molecule has 0 N–H and O–H groups in total. The maximum absolute atomic E-state index is 5.13. The first kappa shape index (κ1) is 24.1. The molecule has 0 fully saturated rings. The Morgan fingerprint density at radius 1 is 0.419 bits per heavy atom. The van der Waals surface area contributed by atoms with Crippen LogP contribution >= 0.6 is 0 Å². The van der Waals surface area contributed by atoms with Gasteiger partial charge in [0.05, 0.1) is 16.4 Å². The molecule has 0 saturated heterocycles. The summed E-state index contributed by atoms with van der Waals surface area (Å²) in [5.74, 6) is 0. The van der Waals surface area contributed by atoms with Crippen molar-refractivity contribution in [2.45, 2.75) is 5.41 Å². The molecule has 0 amide bonds. The monoisotopic (exact) mass is 545 g/mol. The summed E-state index contributed by atoms with van der Waals surface area (Å²) in [5.41, 5.74) is 11.8. The van der Waals surface area contributed by atoms with E-state index in [9.17, 15) is 0 Å². The second-order valence-corrected chi connectivity index (χ2v) is 11.5. The van der Waals surface area contributed by atoms with Gasteiger partial charge in [0.1, 0.15) is 0 Å². The molecule has 0 saturated carbocycles. The molecule has 0 spiro atoms. The lowest BCUT2D eigenvalue weighted by atomic mass is 9.67. The summed E-state index contributed by atoms with van der Waals surface area (Å²) in [4.78, 5) is 5.13. The standard InChI is InChI=1S/C42H27N/c1-2-15-30(16-3-1)42(36-22-9-6-19-33(36)34-20-7-10-23-37(34)42)31-17-12-14-29(27-31)40-35-21-8-11-24-38(35)43-39-26-25-28-13-4-5-18-32(28)41(39)40/h1-27H. The molecule has 8 aromatic rings. The minimum atomic E-state index is -0.439. The highest BCUT2D eigenvalue weighted by Gasteiger charge is 2.45. The molecule has 0 unspecified atom stereocenters. The third-order valence-corrected chi connectivity index (χ3v) is 9.31. The fourth-order valence-corrected chi connectivity index (χ4v) is 7.58. The summed E-state index contributed by atoms with van der Waals surface area (Å²) in [6.07, 6.45) is 0. The van der Waals surface area contributed by atoms with E-state index in [4.69, 9.17) is 4.98 Å². The second-order valence-electron chi connectivity index (χ2n) is 11.5. The van der Waals surface area contributed by atoms with Crippen LogP contribution in [-0.4, -0.2) is 4.98 Å². The number of hydrogen-bond acceptors (Lipinski definition) is 1. The van der Waals surface area contributed by atoms with Crippen LogP contribution in [0.3, 0.4) is 0 Å². The summed E-state index contributed by atoms with van der Waals surface area (Å²) >= 11 is 0. The number of benzene rings is 7. The minimum absolute atomic E-state index is 0.439. The maximum Gasteiger partial charge on any atom is 0.0722 e. The van der Waals surface area contributed by atoms with E-state index in [1.807, 2.05) is 0 Å². The smallest absolute Gasteiger partial charge is 0.0722 e. The summed E-state index contributed by atoms with van der Waals surface area (Å²) in [6, 6.07) is 59.8. The largest absolute Gasteiger partial charge is 0.248 e. The van der Waals surface area contributed by atoms with Crippen molar-refractivity contribution in [2.75, 3.05) is 0 Å². The van der Waals surface area contributed by atoms with Gasteiger partial charge in [-0.3, -0.25) is 0 Å². The fraction of sp³-hybridized carbons (Fsp3) is 0.0238. The molecule has 7 aromatic carbocycles. The Bertz CT molecular complexity index is 2300. The molecule has 0 radical (unpaired) electrons. The molecule has 1 heterocycles. The highest BCUT2D eigenvalue weighted by Crippen LogP contribution is 2.56. The van der Waals surface area contributed by atoms with Crippen LogP contribution in [0.2, 0.25) is 0 Å². The van der Waals surface area contributed by atoms with E-state index in [1.54, 1.807) is 0 Å². The summed E-state index contributed by atoms with van der Waals surface area (Å²) in [6.45, 7) is 0. The van der Waals surface area contributed by atoms with Gasteiger partial charge in [0.15, 0.2) is 0 Å². The van der Waals surface area contributed by atoms with Crippen LogP contribution in [0.15, 0.2) is 164 Å². The van der Waals surface area contributed by atoms with E-state index in [0.717, 1.165) is 11.0 Å². The molecular weight excluding hydrogens is 518 g/mol. The number of nitrogens with zero attached hydrogens (tertiary/aromatic N) is 1. The van der Waals surface area contributed by atoms with Crippen LogP contribution in [0, 0.1) is 0 Å². The van der Waals surface area contributed by atoms with Gasteiger partial charge in [-0.25, -0.2) is 4.98 Å². The van der Waals surface area contributed by atoms with Crippen molar-refractivity contribution in [3.63, 3.8) is 0 Å². The quantitative estimate of drug-likeness (QED) is 0.159. The third kappa shape index (κ3) is 3.37. The molecule has 1 nitrogen and oxygen atoms in total. The van der Waals surface area contributed by atoms with Gasteiger partial charge in [-0.15, -0.1) is 0 Å². The lowest BCUT2D eigenvalue weighted by molar-refractivity contribution is 0.769. The van der Waals surface area contributed by atoms with Crippen molar-refractivity contribution < 1.29 is 0 Å². The van der Waals surface area contributed by atoms with Crippen LogP contribution in [0.25, 0.3) is 54.8 Å². The average Bonchev–Trinajstić information content (AvgIpc) is 3.39. The van der Waals surface area contributed by atoms with Gasteiger partial charge in [-0.2, -0.15) is 0 Å². The number of rotatable bonds is 3. The van der Waals surface area contributed by atoms with Crippen LogP contribution in [0.4, 0.5) is 0 Å². The van der Waals surface area contributed by atoms with Crippen LogP contribution < -0.4 is 0 Å². The molecule has 1 aliphatic carbocycles. The molecule has 1 aromatic heterocycles. The van der Waals surface area contributed by atoms with Crippen LogP contribution in [0.5, 0.6) is 0 Å². The Morgan fingerprint density at radius 3 is 1.84 bits per heavy atom. The van der Waals surface area contributed by atoms with Crippen molar-refractivity contribution in [3.05, 3.63) is 186 Å². The van der Waals surface area contributed by atoms with E-state index in [0.29, 0.717) is 0 Å². The highest BCUT2D eigenvalue weighted by atomic mass is 14.7. The van der Waals surface area contributed by atoms with Crippen molar-refractivity contribution in [3.8, 4) is 22.3 Å². The Balaban J connectivity index is 1.42. The fourth-order valence-electron chi connectivity index (χ4n) is 7.58. The first-order valence-corrected chi connectivity index (χ1v) is 14.9. The predicted octanol–water partition coefficient (Wildman–Crippen LogP) is 10.6. The summed E-state index contributed by atoms with van der Waals surface area (Å²) in [5, 5.41) is 4.83. The van der Waals surface area contributed by atoms with Gasteiger partial charge >= 0.3 is 0 Å². The predicted molar refractivity (Wildman–Crippen MR) is 179 cm³/mol. The molecule has 0 aliphatic heterocycles. The van der Waals surface area contributed by atoms with E-state index >= 15 is 0 Å². The topological polar surface area (TPSA) is 12.9 Å². The third-order valence-electron chi connectivity index (χ3n) is 9.31. The maximum atomic E-state index is 5.13. The van der Waals surface area contributed by atoms with Crippen molar-refractivity contribution >= 4 is 32.6 Å². The SMILES string of the molecule is c1ccc(C2(c3cccc(-c4c5ccccc5nc5ccc6ccccc6c45)c3)c3ccccc3-c3ccccc32)cc1. The molecule has 0 bridgehead atoms. The van der Waals surface area contributed by atoms with Gasteiger partial charge in [-0.1, -0.05) is 146 Å². The zero-order valence-electron chi connectivity index (χ0n) is 23.5. The molecule has 0 atom stereocenters. The Labute approximate surface area is 250 Å². The first-order valence-electron chi connectivity index (χ1n) is 14.9. The normalized spacial score (nSPS) is 13.3. The van der Waals surface area contributed by atoms with Gasteiger partial charge in [0.25, 0.3) is 0 Å². The van der Waals surface area contributed by atoms with E-state index < -0.39 is 5.41 Å². The molecule has 1 heteroatoms. The van der Waals surface area contributed by atoms with Gasteiger partial charge in [0, 0.05) is 16.3 Å². The Hall–Kier alpha value is -5.53. The van der Waals surface area contributed by atoms with Crippen molar-refractivity contribution in [1.82, 2.24) is 4.98 Å². The highest BCUT2D eigenvalue weighted by molar-refractivity contribution is 6.19. The number of pyridine rings is 1. The first-order chi connectivity index (χ1) is 21.3. The molecule has 9 rings (SSSR count). The van der Waals surface area contributed by atoms with Crippen molar-refractivity contribution in [1.29, 1.82) is 0 Å². The van der Waals surface area contributed by atoms with Crippen LogP contribution in [0.1, 0.15) is 22.3 Å². The number of aromatic nitrogens is 1. The van der Waals surface area contributed by atoms with E-state index in [-0.39, 0.29) is 0 Å². The van der Waals surface area contributed by atoms with E-state index in [2.05, 4.69) is 164 Å². The number of hydrogen-bond donors (Lipinski definition) is 0. The molecular formula is C42H27N. The minimum Gasteiger partial charge on any atom is -0.248 e. The second kappa shape index (κ2) is 9.24. The van der Waals surface area contributed by atoms with E-state index in [1.165, 1.54) is 66.1 Å². The van der Waals surface area contributed by atoms with Gasteiger partial charge < -0.3 is 0 Å². The Morgan fingerprint density at radius 2 is 1.05 bits per heavy atom. The average molecular weight is 546 g/mol. The van der Waals surface area contributed by atoms with Crippen molar-refractivity contribution in [2.24, 2.45) is 0 Å². The molecule has 43 heavy (non-hydrogen) atoms. The number of para-hydroxylation sites is 1. The summed E-state index contributed by atoms with van der Waals surface area (Å²) < 4.78 is 0. The summed E-state index contributed by atoms with van der Waals surface area (Å²) in [7, 11) is 0. The van der Waals surface area contributed by atoms with Crippen LogP contribution in [-0.2, 0) is 5.41 Å². The van der Waals surface area contributed by atoms with Gasteiger partial charge in [0.2, 0.25) is 0 Å². The lowest BCUT2D eigenvalue weighted by Crippen LogP contribution is -2.28. The zero-order chi connectivity index (χ0) is 28.4.